The van der Waals surface area contributed by atoms with Crippen molar-refractivity contribution in [3.63, 3.8) is 0 Å². The van der Waals surface area contributed by atoms with Gasteiger partial charge in [0, 0.05) is 39.3 Å². The van der Waals surface area contributed by atoms with E-state index in [9.17, 15) is 23.5 Å². The van der Waals surface area contributed by atoms with Crippen LogP contribution in [0.1, 0.15) is 23.2 Å². The first-order valence-corrected chi connectivity index (χ1v) is 6.99. The summed E-state index contributed by atoms with van der Waals surface area (Å²) in [6.07, 6.45) is 1.26. The smallest absolute Gasteiger partial charge is 0.260 e. The highest BCUT2D eigenvalue weighted by molar-refractivity contribution is 5.97. The molecular weight excluding hydrogens is 294 g/mol. The van der Waals surface area contributed by atoms with Crippen LogP contribution in [0, 0.1) is 17.6 Å². The number of halogens is 2. The highest BCUT2D eigenvalue weighted by atomic mass is 19.1. The van der Waals surface area contributed by atoms with Crippen LogP contribution in [0.5, 0.6) is 5.75 Å². The Balaban J connectivity index is 2.21. The lowest BCUT2D eigenvalue weighted by molar-refractivity contribution is -0.134. The topological polar surface area (TPSA) is 60.9 Å². The average Bonchev–Trinajstić information content (AvgIpc) is 2.45. The van der Waals surface area contributed by atoms with Crippen LogP contribution in [-0.4, -0.2) is 53.9 Å². The van der Waals surface area contributed by atoms with Gasteiger partial charge in [0.05, 0.1) is 5.92 Å². The van der Waals surface area contributed by atoms with Gasteiger partial charge in [-0.05, 0) is 12.8 Å². The fraction of sp³-hybridized carbons (Fsp3) is 0.467. The van der Waals surface area contributed by atoms with Gasteiger partial charge in [-0.25, -0.2) is 8.78 Å². The first kappa shape index (κ1) is 16.2. The van der Waals surface area contributed by atoms with Crippen LogP contribution >= 0.6 is 0 Å². The zero-order valence-electron chi connectivity index (χ0n) is 12.5. The molecule has 0 aliphatic carbocycles. The van der Waals surface area contributed by atoms with E-state index in [1.54, 1.807) is 14.1 Å². The molecule has 0 aromatic heterocycles. The normalized spacial score (nSPS) is 18.2. The molecule has 1 aliphatic rings. The Morgan fingerprint density at radius 1 is 1.32 bits per heavy atom. The summed E-state index contributed by atoms with van der Waals surface area (Å²) in [6.45, 7) is 0.526. The van der Waals surface area contributed by atoms with Crippen molar-refractivity contribution < 1.29 is 23.5 Å². The van der Waals surface area contributed by atoms with Crippen LogP contribution in [0.25, 0.3) is 0 Å². The molecule has 2 rings (SSSR count). The van der Waals surface area contributed by atoms with E-state index in [4.69, 9.17) is 0 Å². The van der Waals surface area contributed by atoms with Crippen molar-refractivity contribution >= 4 is 11.8 Å². The lowest BCUT2D eigenvalue weighted by Crippen LogP contribution is -2.45. The maximum absolute atomic E-state index is 13.8. The van der Waals surface area contributed by atoms with Gasteiger partial charge >= 0.3 is 0 Å². The Bertz CT molecular complexity index is 581. The number of nitrogens with zero attached hydrogens (tertiary/aromatic N) is 2. The van der Waals surface area contributed by atoms with E-state index in [-0.39, 0.29) is 18.4 Å². The fourth-order valence-electron chi connectivity index (χ4n) is 2.66. The molecule has 1 N–H and O–H groups in total. The summed E-state index contributed by atoms with van der Waals surface area (Å²) in [7, 11) is 3.27. The Labute approximate surface area is 127 Å². The maximum atomic E-state index is 13.8. The molecule has 2 amide bonds. The lowest BCUT2D eigenvalue weighted by atomic mass is 9.96. The molecule has 5 nitrogen and oxygen atoms in total. The molecule has 1 aromatic carbocycles. The summed E-state index contributed by atoms with van der Waals surface area (Å²) in [5.41, 5.74) is -0.556. The number of rotatable bonds is 2. The van der Waals surface area contributed by atoms with Crippen LogP contribution in [0.15, 0.2) is 12.1 Å². The number of carbonyl (C=O) groups is 2. The summed E-state index contributed by atoms with van der Waals surface area (Å²) in [4.78, 5) is 27.1. The number of amides is 2. The minimum absolute atomic E-state index is 0.0960. The van der Waals surface area contributed by atoms with Crippen molar-refractivity contribution in [3.05, 3.63) is 29.3 Å². The summed E-state index contributed by atoms with van der Waals surface area (Å²) in [6, 6.07) is 1.25. The van der Waals surface area contributed by atoms with Crippen molar-refractivity contribution in [2.75, 3.05) is 27.2 Å². The van der Waals surface area contributed by atoms with Crippen LogP contribution < -0.4 is 0 Å². The fourth-order valence-corrected chi connectivity index (χ4v) is 2.66. The monoisotopic (exact) mass is 312 g/mol. The molecule has 0 saturated carbocycles. The van der Waals surface area contributed by atoms with Gasteiger partial charge in [0.2, 0.25) is 5.91 Å². The van der Waals surface area contributed by atoms with E-state index in [1.807, 2.05) is 0 Å². The van der Waals surface area contributed by atoms with Gasteiger partial charge in [0.1, 0.15) is 22.9 Å². The molecule has 1 atom stereocenters. The van der Waals surface area contributed by atoms with E-state index in [1.165, 1.54) is 9.80 Å². The second-order valence-electron chi connectivity index (χ2n) is 5.60. The first-order valence-electron chi connectivity index (χ1n) is 6.99. The van der Waals surface area contributed by atoms with Crippen LogP contribution in [0.4, 0.5) is 8.78 Å². The Hall–Kier alpha value is -2.18. The molecule has 0 radical (unpaired) electrons. The van der Waals surface area contributed by atoms with Crippen molar-refractivity contribution in [3.8, 4) is 5.75 Å². The average molecular weight is 312 g/mol. The van der Waals surface area contributed by atoms with Crippen molar-refractivity contribution in [2.24, 2.45) is 5.92 Å². The second-order valence-corrected chi connectivity index (χ2v) is 5.60. The highest BCUT2D eigenvalue weighted by Crippen LogP contribution is 2.26. The number of benzene rings is 1. The molecule has 0 bridgehead atoms. The third kappa shape index (κ3) is 3.18. The van der Waals surface area contributed by atoms with Gasteiger partial charge in [-0.1, -0.05) is 0 Å². The van der Waals surface area contributed by atoms with Gasteiger partial charge in [0.15, 0.2) is 0 Å². The van der Waals surface area contributed by atoms with Gasteiger partial charge in [-0.15, -0.1) is 0 Å². The maximum Gasteiger partial charge on any atom is 0.260 e. The van der Waals surface area contributed by atoms with Gasteiger partial charge in [-0.3, -0.25) is 9.59 Å². The molecule has 22 heavy (non-hydrogen) atoms. The number of piperidine rings is 1. The van der Waals surface area contributed by atoms with Crippen LogP contribution in [-0.2, 0) is 4.79 Å². The number of likely N-dealkylation sites (tertiary alicyclic amines) is 1. The zero-order valence-corrected chi connectivity index (χ0v) is 12.5. The number of carbonyl (C=O) groups excluding carboxylic acids is 2. The summed E-state index contributed by atoms with van der Waals surface area (Å²) < 4.78 is 26.8. The van der Waals surface area contributed by atoms with E-state index in [0.29, 0.717) is 31.5 Å². The number of phenolic OH excluding ortho intramolecular Hbond substituents is 1. The Morgan fingerprint density at radius 2 is 2.00 bits per heavy atom. The van der Waals surface area contributed by atoms with Gasteiger partial charge in [0.25, 0.3) is 5.91 Å². The van der Waals surface area contributed by atoms with Gasteiger partial charge < -0.3 is 14.9 Å². The zero-order chi connectivity index (χ0) is 16.4. The number of aromatic hydroxyl groups is 1. The van der Waals surface area contributed by atoms with Crippen LogP contribution in [0.2, 0.25) is 0 Å². The molecule has 1 saturated heterocycles. The van der Waals surface area contributed by atoms with Crippen molar-refractivity contribution in [2.45, 2.75) is 12.8 Å². The molecule has 1 aliphatic heterocycles. The number of hydrogen-bond donors (Lipinski definition) is 1. The SMILES string of the molecule is CN(C)C(=O)C1CCCN(C(=O)c2c(O)cc(F)cc2F)C1. The summed E-state index contributed by atoms with van der Waals surface area (Å²) in [5.74, 6) is -3.97. The molecule has 1 heterocycles. The second kappa shape index (κ2) is 6.29. The summed E-state index contributed by atoms with van der Waals surface area (Å²) in [5, 5.41) is 9.63. The first-order chi connectivity index (χ1) is 10.3. The number of hydrogen-bond acceptors (Lipinski definition) is 3. The molecule has 1 aromatic rings. The van der Waals surface area contributed by atoms with Crippen molar-refractivity contribution in [1.29, 1.82) is 0 Å². The largest absolute Gasteiger partial charge is 0.507 e. The molecular formula is C15H18F2N2O3. The van der Waals surface area contributed by atoms with E-state index in [0.717, 1.165) is 0 Å². The lowest BCUT2D eigenvalue weighted by Gasteiger charge is -2.33. The predicted octanol–water partition coefficient (Wildman–Crippen LogP) is 1.61. The van der Waals surface area contributed by atoms with Crippen LogP contribution in [0.3, 0.4) is 0 Å². The summed E-state index contributed by atoms with van der Waals surface area (Å²) >= 11 is 0. The Morgan fingerprint density at radius 3 is 2.59 bits per heavy atom. The quantitative estimate of drug-likeness (QED) is 0.902. The Kier molecular flexibility index (Phi) is 4.63. The molecule has 0 spiro atoms. The third-order valence-corrected chi connectivity index (χ3v) is 3.75. The predicted molar refractivity (Wildman–Crippen MR) is 75.3 cm³/mol. The molecule has 7 heteroatoms. The molecule has 1 unspecified atom stereocenters. The van der Waals surface area contributed by atoms with E-state index >= 15 is 0 Å². The molecule has 120 valence electrons. The van der Waals surface area contributed by atoms with E-state index in [2.05, 4.69) is 0 Å². The standard InChI is InChI=1S/C15H18F2N2O3/c1-18(2)14(21)9-4-3-5-19(8-9)15(22)13-11(17)6-10(16)7-12(13)20/h6-7,9,20H,3-5,8H2,1-2H3. The van der Waals surface area contributed by atoms with Gasteiger partial charge in [-0.2, -0.15) is 0 Å². The number of phenols is 1. The van der Waals surface area contributed by atoms with E-state index < -0.39 is 28.9 Å². The third-order valence-electron chi connectivity index (χ3n) is 3.75. The minimum Gasteiger partial charge on any atom is -0.507 e. The minimum atomic E-state index is -1.11. The molecule has 1 fully saturated rings. The highest BCUT2D eigenvalue weighted by Gasteiger charge is 2.32. The van der Waals surface area contributed by atoms with Crippen molar-refractivity contribution in [1.82, 2.24) is 9.80 Å².